The molecule has 0 bridgehead atoms. The summed E-state index contributed by atoms with van der Waals surface area (Å²) in [6, 6.07) is 9.71. The molecule has 11 heteroatoms. The number of anilines is 2. The topological polar surface area (TPSA) is 73.1 Å². The minimum atomic E-state index is -4.74. The molecule has 170 valence electrons. The first kappa shape index (κ1) is 22.3. The summed E-state index contributed by atoms with van der Waals surface area (Å²) in [5.74, 6) is -0.399. The predicted octanol–water partition coefficient (Wildman–Crippen LogP) is 5.14. The molecule has 3 heterocycles. The van der Waals surface area contributed by atoms with Crippen molar-refractivity contribution in [1.82, 2.24) is 9.97 Å². The molecule has 1 amide bonds. The van der Waals surface area contributed by atoms with Crippen LogP contribution in [-0.4, -0.2) is 27.0 Å². The van der Waals surface area contributed by atoms with Gasteiger partial charge in [-0.1, -0.05) is 6.07 Å². The highest BCUT2D eigenvalue weighted by molar-refractivity contribution is 7.81. The third-order valence-electron chi connectivity index (χ3n) is 5.88. The summed E-state index contributed by atoms with van der Waals surface area (Å²) in [5.41, 5.74) is 1.65. The van der Waals surface area contributed by atoms with E-state index in [1.165, 1.54) is 6.07 Å². The van der Waals surface area contributed by atoms with Gasteiger partial charge in [0, 0.05) is 23.6 Å². The van der Waals surface area contributed by atoms with E-state index in [-0.39, 0.29) is 16.1 Å². The first-order chi connectivity index (χ1) is 16.2. The Morgan fingerprint density at radius 3 is 2.53 bits per heavy atom. The SMILES string of the molecule is N#Cc1ccc(N2C(=O)C3CCc4cc(-c5cnc(Cl)nc5)ccc4N3C2=S)cc1C(F)(F)F. The minimum absolute atomic E-state index is 0.0211. The molecule has 0 aliphatic carbocycles. The zero-order valence-corrected chi connectivity index (χ0v) is 18.7. The van der Waals surface area contributed by atoms with Crippen LogP contribution in [0.25, 0.3) is 11.1 Å². The van der Waals surface area contributed by atoms with Crippen LogP contribution in [0.2, 0.25) is 5.28 Å². The van der Waals surface area contributed by atoms with E-state index < -0.39 is 29.3 Å². The maximum Gasteiger partial charge on any atom is 0.417 e. The lowest BCUT2D eigenvalue weighted by Crippen LogP contribution is -2.39. The fourth-order valence-electron chi connectivity index (χ4n) is 4.31. The number of rotatable bonds is 2. The van der Waals surface area contributed by atoms with Crippen LogP contribution in [-0.2, 0) is 17.4 Å². The predicted molar refractivity (Wildman–Crippen MR) is 123 cm³/mol. The van der Waals surface area contributed by atoms with Crippen molar-refractivity contribution in [2.45, 2.75) is 25.1 Å². The first-order valence-corrected chi connectivity index (χ1v) is 10.9. The van der Waals surface area contributed by atoms with E-state index in [9.17, 15) is 18.0 Å². The van der Waals surface area contributed by atoms with Crippen molar-refractivity contribution in [3.8, 4) is 17.2 Å². The van der Waals surface area contributed by atoms with Crippen LogP contribution in [0.15, 0.2) is 48.8 Å². The quantitative estimate of drug-likeness (QED) is 0.359. The van der Waals surface area contributed by atoms with Gasteiger partial charge in [-0.15, -0.1) is 0 Å². The number of amides is 1. The van der Waals surface area contributed by atoms with E-state index >= 15 is 0 Å². The van der Waals surface area contributed by atoms with Crippen LogP contribution in [0, 0.1) is 11.3 Å². The highest BCUT2D eigenvalue weighted by Crippen LogP contribution is 2.41. The van der Waals surface area contributed by atoms with Crippen LogP contribution in [0.1, 0.15) is 23.1 Å². The smallest absolute Gasteiger partial charge is 0.305 e. The summed E-state index contributed by atoms with van der Waals surface area (Å²) in [5, 5.41) is 9.29. The van der Waals surface area contributed by atoms with Crippen LogP contribution >= 0.6 is 23.8 Å². The molecule has 2 aromatic carbocycles. The number of benzene rings is 2. The average molecular weight is 500 g/mol. The lowest BCUT2D eigenvalue weighted by atomic mass is 9.94. The molecule has 2 aliphatic heterocycles. The Hall–Kier alpha value is -3.55. The van der Waals surface area contributed by atoms with Gasteiger partial charge in [-0.2, -0.15) is 18.4 Å². The highest BCUT2D eigenvalue weighted by atomic mass is 35.5. The second kappa shape index (κ2) is 8.04. The molecule has 0 N–H and O–H groups in total. The number of aromatic nitrogens is 2. The van der Waals surface area contributed by atoms with Gasteiger partial charge < -0.3 is 4.90 Å². The van der Waals surface area contributed by atoms with E-state index in [0.717, 1.165) is 39.4 Å². The molecule has 2 aliphatic rings. The van der Waals surface area contributed by atoms with E-state index in [0.29, 0.717) is 12.8 Å². The van der Waals surface area contributed by atoms with Crippen molar-refractivity contribution in [1.29, 1.82) is 5.26 Å². The average Bonchev–Trinajstić information content (AvgIpc) is 3.08. The number of halogens is 4. The van der Waals surface area contributed by atoms with Gasteiger partial charge in [0.1, 0.15) is 6.04 Å². The fourth-order valence-corrected chi connectivity index (χ4v) is 4.83. The molecule has 1 saturated heterocycles. The van der Waals surface area contributed by atoms with Gasteiger partial charge >= 0.3 is 6.18 Å². The molecule has 5 rings (SSSR count). The van der Waals surface area contributed by atoms with Crippen LogP contribution < -0.4 is 9.80 Å². The molecule has 1 atom stereocenters. The van der Waals surface area contributed by atoms with Crippen molar-refractivity contribution in [3.05, 3.63) is 70.8 Å². The number of carbonyl (C=O) groups is 1. The highest BCUT2D eigenvalue weighted by Gasteiger charge is 2.47. The number of alkyl halides is 3. The number of hydrogen-bond acceptors (Lipinski definition) is 5. The number of hydrogen-bond donors (Lipinski definition) is 0. The van der Waals surface area contributed by atoms with Gasteiger partial charge in [0.15, 0.2) is 5.11 Å². The maximum atomic E-state index is 13.5. The molecule has 1 unspecified atom stereocenters. The zero-order valence-electron chi connectivity index (χ0n) is 17.2. The molecule has 1 fully saturated rings. The Morgan fingerprint density at radius 1 is 1.12 bits per heavy atom. The largest absolute Gasteiger partial charge is 0.417 e. The normalized spacial score (nSPS) is 17.4. The standard InChI is InChI=1S/C23H13ClF3N5OS/c24-21-29-10-15(11-30-21)12-2-5-18-13(7-12)3-6-19-20(33)31(22(34)32(18)19)16-4-1-14(9-28)17(8-16)23(25,26)27/h1-2,4-5,7-8,10-11,19H,3,6H2. The molecular weight excluding hydrogens is 487 g/mol. The second-order valence-electron chi connectivity index (χ2n) is 7.80. The lowest BCUT2D eigenvalue weighted by molar-refractivity contribution is -0.137. The van der Waals surface area contributed by atoms with Gasteiger partial charge in [0.05, 0.1) is 22.9 Å². The minimum Gasteiger partial charge on any atom is -0.305 e. The Morgan fingerprint density at radius 2 is 1.85 bits per heavy atom. The van der Waals surface area contributed by atoms with Crippen molar-refractivity contribution < 1.29 is 18.0 Å². The van der Waals surface area contributed by atoms with Crippen molar-refractivity contribution in [3.63, 3.8) is 0 Å². The summed E-state index contributed by atoms with van der Waals surface area (Å²) in [7, 11) is 0. The molecule has 0 saturated carbocycles. The molecule has 0 radical (unpaired) electrons. The monoisotopic (exact) mass is 499 g/mol. The summed E-state index contributed by atoms with van der Waals surface area (Å²) < 4.78 is 40.4. The molecule has 3 aromatic rings. The first-order valence-electron chi connectivity index (χ1n) is 10.1. The zero-order chi connectivity index (χ0) is 24.2. The second-order valence-corrected chi connectivity index (χ2v) is 8.51. The van der Waals surface area contributed by atoms with E-state index in [1.54, 1.807) is 23.4 Å². The van der Waals surface area contributed by atoms with Crippen LogP contribution in [0.3, 0.4) is 0 Å². The Bertz CT molecular complexity index is 1390. The number of thiocarbonyl (C=S) groups is 1. The van der Waals surface area contributed by atoms with Crippen molar-refractivity contribution >= 4 is 46.2 Å². The van der Waals surface area contributed by atoms with Gasteiger partial charge in [-0.05, 0) is 78.1 Å². The maximum absolute atomic E-state index is 13.5. The Labute approximate surface area is 202 Å². The summed E-state index contributed by atoms with van der Waals surface area (Å²) in [6.07, 6.45) is -0.490. The lowest BCUT2D eigenvalue weighted by Gasteiger charge is -2.31. The van der Waals surface area contributed by atoms with Gasteiger partial charge in [-0.25, -0.2) is 9.97 Å². The van der Waals surface area contributed by atoms with Crippen molar-refractivity contribution in [2.24, 2.45) is 0 Å². The summed E-state index contributed by atoms with van der Waals surface area (Å²) >= 11 is 11.3. The van der Waals surface area contributed by atoms with E-state index in [4.69, 9.17) is 29.1 Å². The summed E-state index contributed by atoms with van der Waals surface area (Å²) in [6.45, 7) is 0. The molecule has 6 nitrogen and oxygen atoms in total. The number of fused-ring (bicyclic) bond motifs is 3. The molecular formula is C23H13ClF3N5OS. The van der Waals surface area contributed by atoms with E-state index in [2.05, 4.69) is 9.97 Å². The number of nitriles is 1. The van der Waals surface area contributed by atoms with Gasteiger partial charge in [-0.3, -0.25) is 9.69 Å². The van der Waals surface area contributed by atoms with Gasteiger partial charge in [0.25, 0.3) is 5.91 Å². The fraction of sp³-hybridized carbons (Fsp3) is 0.174. The number of aryl methyl sites for hydroxylation is 1. The van der Waals surface area contributed by atoms with E-state index in [1.807, 2.05) is 18.2 Å². The number of carbonyl (C=O) groups excluding carboxylic acids is 1. The summed E-state index contributed by atoms with van der Waals surface area (Å²) in [4.78, 5) is 24.0. The van der Waals surface area contributed by atoms with Gasteiger partial charge in [0.2, 0.25) is 5.28 Å². The van der Waals surface area contributed by atoms with Crippen LogP contribution in [0.5, 0.6) is 0 Å². The molecule has 0 spiro atoms. The van der Waals surface area contributed by atoms with Crippen LogP contribution in [0.4, 0.5) is 24.5 Å². The molecule has 1 aromatic heterocycles. The Kier molecular flexibility index (Phi) is 5.26. The van der Waals surface area contributed by atoms with Crippen molar-refractivity contribution in [2.75, 3.05) is 9.80 Å². The Balaban J connectivity index is 1.52. The molecule has 34 heavy (non-hydrogen) atoms. The third kappa shape index (κ3) is 3.57. The number of nitrogens with zero attached hydrogens (tertiary/aromatic N) is 5. The third-order valence-corrected chi connectivity index (χ3v) is 6.46.